The van der Waals surface area contributed by atoms with Gasteiger partial charge in [0.2, 0.25) is 0 Å². The van der Waals surface area contributed by atoms with Gasteiger partial charge >= 0.3 is 0 Å². The number of benzene rings is 3. The summed E-state index contributed by atoms with van der Waals surface area (Å²) in [5.41, 5.74) is 3.02. The maximum absolute atomic E-state index is 12.9. The zero-order chi connectivity index (χ0) is 15.2. The summed E-state index contributed by atoms with van der Waals surface area (Å²) in [4.78, 5) is 12.9. The van der Waals surface area contributed by atoms with Crippen LogP contribution < -0.4 is 0 Å². The second-order valence-electron chi connectivity index (χ2n) is 4.93. The Balaban J connectivity index is 0.00000192. The molecule has 3 rings (SSSR count). The maximum Gasteiger partial charge on any atom is 0.126 e. The van der Waals surface area contributed by atoms with E-state index in [2.05, 4.69) is 6.08 Å². The van der Waals surface area contributed by atoms with Gasteiger partial charge in [-0.2, -0.15) is 0 Å². The van der Waals surface area contributed by atoms with Crippen molar-refractivity contribution < 1.29 is 24.3 Å². The summed E-state index contributed by atoms with van der Waals surface area (Å²) in [7, 11) is 0. The molecule has 0 atom stereocenters. The van der Waals surface area contributed by atoms with Crippen molar-refractivity contribution in [3.05, 3.63) is 114 Å². The fourth-order valence-corrected chi connectivity index (χ4v) is 2.26. The first kappa shape index (κ1) is 17.1. The molecule has 0 aliphatic carbocycles. The zero-order valence-corrected chi connectivity index (χ0v) is 14.0. The van der Waals surface area contributed by atoms with Crippen molar-refractivity contribution in [3.8, 4) is 0 Å². The van der Waals surface area contributed by atoms with Gasteiger partial charge in [-0.05, 0) is 5.56 Å². The SMILES string of the molecule is O=C(C(=[C-]c1ccccc1)c1ccccc1)c1ccccc1.[Rh]. The molecular weight excluding hydrogens is 371 g/mol. The van der Waals surface area contributed by atoms with E-state index >= 15 is 0 Å². The third-order valence-corrected chi connectivity index (χ3v) is 3.37. The van der Waals surface area contributed by atoms with Gasteiger partial charge in [-0.1, -0.05) is 90.0 Å². The van der Waals surface area contributed by atoms with Gasteiger partial charge in [0.15, 0.2) is 0 Å². The first-order valence-electron chi connectivity index (χ1n) is 7.19. The van der Waals surface area contributed by atoms with E-state index in [1.165, 1.54) is 0 Å². The van der Waals surface area contributed by atoms with Gasteiger partial charge in [-0.15, -0.1) is 23.8 Å². The van der Waals surface area contributed by atoms with Crippen LogP contribution in [0.1, 0.15) is 21.5 Å². The second kappa shape index (κ2) is 8.36. The topological polar surface area (TPSA) is 17.1 Å². The second-order valence-corrected chi connectivity index (χ2v) is 4.93. The molecule has 2 heteroatoms. The monoisotopic (exact) mass is 386 g/mol. The van der Waals surface area contributed by atoms with Gasteiger partial charge in [-0.3, -0.25) is 0 Å². The van der Waals surface area contributed by atoms with Crippen molar-refractivity contribution in [2.45, 2.75) is 0 Å². The summed E-state index contributed by atoms with van der Waals surface area (Å²) < 4.78 is 0. The van der Waals surface area contributed by atoms with E-state index in [0.29, 0.717) is 11.1 Å². The molecular formula is C21H15ORh-. The summed E-state index contributed by atoms with van der Waals surface area (Å²) in [6.45, 7) is 0. The molecule has 0 bridgehead atoms. The molecule has 3 aromatic rings. The van der Waals surface area contributed by atoms with Crippen LogP contribution in [0.5, 0.6) is 0 Å². The third-order valence-electron chi connectivity index (χ3n) is 3.37. The first-order chi connectivity index (χ1) is 10.8. The normalized spacial score (nSPS) is 10.7. The molecule has 0 fully saturated rings. The van der Waals surface area contributed by atoms with Crippen LogP contribution in [0.25, 0.3) is 5.57 Å². The van der Waals surface area contributed by atoms with Gasteiger partial charge in [0.1, 0.15) is 5.78 Å². The number of carbonyl (C=O) groups is 1. The minimum Gasteiger partial charge on any atom is -0.335 e. The molecule has 1 radical (unpaired) electrons. The average molecular weight is 386 g/mol. The van der Waals surface area contributed by atoms with Crippen molar-refractivity contribution >= 4 is 11.4 Å². The van der Waals surface area contributed by atoms with Crippen LogP contribution in [0.4, 0.5) is 0 Å². The van der Waals surface area contributed by atoms with Crippen molar-refractivity contribution in [1.82, 2.24) is 0 Å². The quantitative estimate of drug-likeness (QED) is 0.207. The van der Waals surface area contributed by atoms with Crippen molar-refractivity contribution in [2.75, 3.05) is 0 Å². The number of carbonyl (C=O) groups excluding carboxylic acids is 1. The molecule has 0 saturated heterocycles. The fraction of sp³-hybridized carbons (Fsp3) is 0. The zero-order valence-electron chi connectivity index (χ0n) is 12.4. The van der Waals surface area contributed by atoms with Crippen LogP contribution in [0.15, 0.2) is 91.0 Å². The summed E-state index contributed by atoms with van der Waals surface area (Å²) in [6.07, 6.45) is 3.26. The fourth-order valence-electron chi connectivity index (χ4n) is 2.26. The van der Waals surface area contributed by atoms with Crippen LogP contribution in [-0.4, -0.2) is 5.78 Å². The summed E-state index contributed by atoms with van der Waals surface area (Å²) in [5.74, 6) is -0.0179. The summed E-state index contributed by atoms with van der Waals surface area (Å²) in [6, 6.07) is 28.7. The number of hydrogen-bond donors (Lipinski definition) is 0. The van der Waals surface area contributed by atoms with E-state index in [9.17, 15) is 4.79 Å². The van der Waals surface area contributed by atoms with E-state index < -0.39 is 0 Å². The Morgan fingerprint density at radius 3 is 1.57 bits per heavy atom. The molecule has 0 unspecified atom stereocenters. The molecule has 0 saturated carbocycles. The van der Waals surface area contributed by atoms with Crippen molar-refractivity contribution in [1.29, 1.82) is 0 Å². The van der Waals surface area contributed by atoms with Gasteiger partial charge in [-0.25, -0.2) is 0 Å². The molecule has 0 aliphatic rings. The van der Waals surface area contributed by atoms with Crippen molar-refractivity contribution in [3.63, 3.8) is 0 Å². The molecule has 0 N–H and O–H groups in total. The van der Waals surface area contributed by atoms with E-state index in [-0.39, 0.29) is 25.3 Å². The Labute approximate surface area is 149 Å². The molecule has 0 aromatic heterocycles. The predicted octanol–water partition coefficient (Wildman–Crippen LogP) is 4.80. The molecule has 115 valence electrons. The van der Waals surface area contributed by atoms with E-state index in [4.69, 9.17) is 0 Å². The van der Waals surface area contributed by atoms with Gasteiger partial charge < -0.3 is 4.79 Å². The molecule has 23 heavy (non-hydrogen) atoms. The Kier molecular flexibility index (Phi) is 6.20. The molecule has 3 aromatic carbocycles. The number of ketones is 1. The van der Waals surface area contributed by atoms with E-state index in [0.717, 1.165) is 11.1 Å². The minimum absolute atomic E-state index is 0. The first-order valence-corrected chi connectivity index (χ1v) is 7.19. The standard InChI is InChI=1S/C21H15O.Rh/c22-21(19-14-8-3-9-15-19)20(18-12-6-2-7-13-18)16-17-10-4-1-5-11-17;/h1-15H;/q-1;. The largest absolute Gasteiger partial charge is 0.335 e. The van der Waals surface area contributed by atoms with E-state index in [1.54, 1.807) is 0 Å². The minimum atomic E-state index is -0.0179. The van der Waals surface area contributed by atoms with Gasteiger partial charge in [0.05, 0.1) is 0 Å². The maximum atomic E-state index is 12.9. The Morgan fingerprint density at radius 1 is 0.609 bits per heavy atom. The van der Waals surface area contributed by atoms with Gasteiger partial charge in [0, 0.05) is 19.5 Å². The smallest absolute Gasteiger partial charge is 0.126 e. The third kappa shape index (κ3) is 4.34. The number of Topliss-reactive ketones (excluding diaryl/α,β-unsaturated/α-hetero) is 1. The average Bonchev–Trinajstić information content (AvgIpc) is 2.61. The number of hydrogen-bond acceptors (Lipinski definition) is 1. The molecule has 0 heterocycles. The van der Waals surface area contributed by atoms with E-state index in [1.807, 2.05) is 91.0 Å². The molecule has 0 amide bonds. The van der Waals surface area contributed by atoms with Crippen molar-refractivity contribution in [2.24, 2.45) is 0 Å². The predicted molar refractivity (Wildman–Crippen MR) is 89.4 cm³/mol. The van der Waals surface area contributed by atoms with Gasteiger partial charge in [0.25, 0.3) is 0 Å². The van der Waals surface area contributed by atoms with Crippen LogP contribution in [-0.2, 0) is 19.5 Å². The van der Waals surface area contributed by atoms with Crippen LogP contribution in [0.3, 0.4) is 0 Å². The molecule has 1 nitrogen and oxygen atoms in total. The Hall–Kier alpha value is -2.31. The summed E-state index contributed by atoms with van der Waals surface area (Å²) >= 11 is 0. The van der Waals surface area contributed by atoms with Crippen LogP contribution in [0, 0.1) is 6.08 Å². The number of rotatable bonds is 4. The Bertz CT molecular complexity index is 778. The molecule has 0 aliphatic heterocycles. The summed E-state index contributed by atoms with van der Waals surface area (Å²) in [5, 5.41) is 0. The number of allylic oxidation sites excluding steroid dienone is 1. The Morgan fingerprint density at radius 2 is 1.04 bits per heavy atom. The molecule has 0 spiro atoms. The van der Waals surface area contributed by atoms with Crippen LogP contribution >= 0.6 is 0 Å². The van der Waals surface area contributed by atoms with Crippen LogP contribution in [0.2, 0.25) is 0 Å².